The number of rotatable bonds is 4. The molecule has 0 aromatic carbocycles. The van der Waals surface area contributed by atoms with Crippen LogP contribution in [0.1, 0.15) is 6.92 Å². The fraction of sp³-hybridized carbons (Fsp3) is 0.833. The van der Waals surface area contributed by atoms with E-state index in [0.29, 0.717) is 5.11 Å². The van der Waals surface area contributed by atoms with Crippen molar-refractivity contribution in [2.45, 2.75) is 6.92 Å². The Balaban J connectivity index is 3.50. The van der Waals surface area contributed by atoms with Crippen LogP contribution in [-0.2, 0) is 0 Å². The van der Waals surface area contributed by atoms with E-state index in [-0.39, 0.29) is 0 Å². The second-order valence-corrected chi connectivity index (χ2v) is 2.44. The Bertz CT molecular complexity index is 105. The fourth-order valence-corrected chi connectivity index (χ4v) is 0.891. The molecule has 0 atom stereocenters. The average molecular weight is 161 g/mol. The quantitative estimate of drug-likeness (QED) is 0.559. The minimum atomic E-state index is 0.484. The zero-order valence-corrected chi connectivity index (χ0v) is 7.37. The van der Waals surface area contributed by atoms with Gasteiger partial charge < -0.3 is 16.0 Å². The summed E-state index contributed by atoms with van der Waals surface area (Å²) in [5.74, 6) is 0. The van der Waals surface area contributed by atoms with Gasteiger partial charge in [-0.25, -0.2) is 0 Å². The van der Waals surface area contributed by atoms with Crippen LogP contribution in [0.5, 0.6) is 0 Å². The van der Waals surface area contributed by atoms with E-state index >= 15 is 0 Å². The molecule has 0 aliphatic heterocycles. The van der Waals surface area contributed by atoms with E-state index in [1.807, 2.05) is 18.9 Å². The van der Waals surface area contributed by atoms with Gasteiger partial charge >= 0.3 is 0 Å². The van der Waals surface area contributed by atoms with Crippen molar-refractivity contribution in [1.82, 2.24) is 10.2 Å². The summed E-state index contributed by atoms with van der Waals surface area (Å²) in [5.41, 5.74) is 5.42. The molecule has 0 bridgehead atoms. The highest BCUT2D eigenvalue weighted by Crippen LogP contribution is 1.84. The Morgan fingerprint density at radius 3 is 2.60 bits per heavy atom. The second-order valence-electron chi connectivity index (χ2n) is 2.02. The van der Waals surface area contributed by atoms with E-state index < -0.39 is 0 Å². The molecule has 0 fully saturated rings. The molecule has 0 amide bonds. The normalized spacial score (nSPS) is 9.40. The first-order chi connectivity index (χ1) is 4.72. The van der Waals surface area contributed by atoms with E-state index in [1.54, 1.807) is 0 Å². The van der Waals surface area contributed by atoms with E-state index in [2.05, 4.69) is 5.32 Å². The molecule has 0 rings (SSSR count). The maximum absolute atomic E-state index is 5.42. The third kappa shape index (κ3) is 3.63. The Kier molecular flexibility index (Phi) is 5.25. The van der Waals surface area contributed by atoms with E-state index in [9.17, 15) is 0 Å². The molecule has 0 spiro atoms. The van der Waals surface area contributed by atoms with Gasteiger partial charge in [0.1, 0.15) is 0 Å². The highest BCUT2D eigenvalue weighted by molar-refractivity contribution is 7.80. The van der Waals surface area contributed by atoms with Crippen molar-refractivity contribution in [2.75, 3.05) is 26.7 Å². The topological polar surface area (TPSA) is 41.3 Å². The molecule has 0 aromatic rings. The lowest BCUT2D eigenvalue weighted by atomic mass is 10.5. The first-order valence-electron chi connectivity index (χ1n) is 3.41. The van der Waals surface area contributed by atoms with Gasteiger partial charge in [-0.15, -0.1) is 0 Å². The maximum Gasteiger partial charge on any atom is 0.166 e. The number of hydrogen-bond donors (Lipinski definition) is 2. The zero-order chi connectivity index (χ0) is 7.98. The molecule has 4 heteroatoms. The van der Waals surface area contributed by atoms with E-state index in [0.717, 1.165) is 19.6 Å². The molecular formula is C6H15N3S. The molecule has 10 heavy (non-hydrogen) atoms. The van der Waals surface area contributed by atoms with E-state index in [4.69, 9.17) is 18.0 Å². The number of nitrogens with zero attached hydrogens (tertiary/aromatic N) is 1. The molecule has 0 saturated heterocycles. The largest absolute Gasteiger partial charge is 0.376 e. The fourth-order valence-electron chi connectivity index (χ4n) is 0.671. The van der Waals surface area contributed by atoms with Gasteiger partial charge in [0.2, 0.25) is 0 Å². The number of nitrogens with two attached hydrogens (primary N) is 1. The van der Waals surface area contributed by atoms with Gasteiger partial charge in [0.05, 0.1) is 0 Å². The van der Waals surface area contributed by atoms with Crippen LogP contribution in [0.3, 0.4) is 0 Å². The van der Waals surface area contributed by atoms with E-state index in [1.165, 1.54) is 0 Å². The minimum Gasteiger partial charge on any atom is -0.376 e. The first-order valence-corrected chi connectivity index (χ1v) is 3.82. The van der Waals surface area contributed by atoms with Crippen LogP contribution < -0.4 is 11.1 Å². The predicted molar refractivity (Wildman–Crippen MR) is 48.0 cm³/mol. The standard InChI is InChI=1S/C6H15N3S/c1-3-9(6(7)10)5-4-8-2/h8H,3-5H2,1-2H3,(H2,7,10). The smallest absolute Gasteiger partial charge is 0.166 e. The number of thiocarbonyl (C=S) groups is 1. The highest BCUT2D eigenvalue weighted by Gasteiger charge is 1.99. The summed E-state index contributed by atoms with van der Waals surface area (Å²) in [5, 5.41) is 3.51. The summed E-state index contributed by atoms with van der Waals surface area (Å²) in [6, 6.07) is 0. The Morgan fingerprint density at radius 2 is 2.30 bits per heavy atom. The third-order valence-electron chi connectivity index (χ3n) is 1.33. The Hall–Kier alpha value is -0.350. The summed E-state index contributed by atoms with van der Waals surface area (Å²) in [4.78, 5) is 1.95. The van der Waals surface area contributed by atoms with Crippen molar-refractivity contribution in [1.29, 1.82) is 0 Å². The van der Waals surface area contributed by atoms with Crippen LogP contribution in [0, 0.1) is 0 Å². The molecule has 0 unspecified atom stereocenters. The summed E-state index contributed by atoms with van der Waals surface area (Å²) in [6.07, 6.45) is 0. The summed E-state index contributed by atoms with van der Waals surface area (Å²) < 4.78 is 0. The second kappa shape index (κ2) is 5.44. The van der Waals surface area contributed by atoms with Crippen molar-refractivity contribution in [3.63, 3.8) is 0 Å². The first kappa shape index (κ1) is 9.65. The Labute approximate surface area is 67.6 Å². The molecule has 3 N–H and O–H groups in total. The van der Waals surface area contributed by atoms with Crippen molar-refractivity contribution in [3.05, 3.63) is 0 Å². The Morgan fingerprint density at radius 1 is 1.70 bits per heavy atom. The lowest BCUT2D eigenvalue weighted by Gasteiger charge is -2.19. The van der Waals surface area contributed by atoms with Crippen molar-refractivity contribution in [3.8, 4) is 0 Å². The summed E-state index contributed by atoms with van der Waals surface area (Å²) in [7, 11) is 1.91. The molecule has 0 aliphatic carbocycles. The minimum absolute atomic E-state index is 0.484. The van der Waals surface area contributed by atoms with Crippen LogP contribution in [0.25, 0.3) is 0 Å². The summed E-state index contributed by atoms with van der Waals surface area (Å²) in [6.45, 7) is 4.74. The van der Waals surface area contributed by atoms with Crippen molar-refractivity contribution >= 4 is 17.3 Å². The summed E-state index contributed by atoms with van der Waals surface area (Å²) >= 11 is 4.81. The lowest BCUT2D eigenvalue weighted by molar-refractivity contribution is 0.440. The molecule has 0 aromatic heterocycles. The monoisotopic (exact) mass is 161 g/mol. The van der Waals surface area contributed by atoms with Crippen LogP contribution in [-0.4, -0.2) is 36.7 Å². The molecular weight excluding hydrogens is 146 g/mol. The van der Waals surface area contributed by atoms with Gasteiger partial charge in [-0.1, -0.05) is 0 Å². The average Bonchev–Trinajstić information content (AvgIpc) is 1.89. The van der Waals surface area contributed by atoms with Gasteiger partial charge in [0.25, 0.3) is 0 Å². The highest BCUT2D eigenvalue weighted by atomic mass is 32.1. The molecule has 0 heterocycles. The van der Waals surface area contributed by atoms with Crippen molar-refractivity contribution in [2.24, 2.45) is 5.73 Å². The van der Waals surface area contributed by atoms with Crippen molar-refractivity contribution < 1.29 is 0 Å². The molecule has 0 saturated carbocycles. The number of likely N-dealkylation sites (N-methyl/N-ethyl adjacent to an activating group) is 2. The van der Waals surface area contributed by atoms with Gasteiger partial charge in [-0.2, -0.15) is 0 Å². The zero-order valence-electron chi connectivity index (χ0n) is 6.55. The third-order valence-corrected chi connectivity index (χ3v) is 1.58. The van der Waals surface area contributed by atoms with Crippen LogP contribution in [0.15, 0.2) is 0 Å². The van der Waals surface area contributed by atoms with Crippen LogP contribution in [0.2, 0.25) is 0 Å². The van der Waals surface area contributed by atoms with Crippen LogP contribution >= 0.6 is 12.2 Å². The molecule has 0 aliphatic rings. The molecule has 60 valence electrons. The van der Waals surface area contributed by atoms with Gasteiger partial charge in [0, 0.05) is 19.6 Å². The molecule has 0 radical (unpaired) electrons. The molecule has 3 nitrogen and oxygen atoms in total. The maximum atomic E-state index is 5.42. The SMILES string of the molecule is CCN(CCNC)C(N)=S. The predicted octanol–water partition coefficient (Wildman–Crippen LogP) is -0.229. The van der Waals surface area contributed by atoms with Gasteiger partial charge in [-0.05, 0) is 26.2 Å². The van der Waals surface area contributed by atoms with Gasteiger partial charge in [0.15, 0.2) is 5.11 Å². The van der Waals surface area contributed by atoms with Gasteiger partial charge in [-0.3, -0.25) is 0 Å². The number of nitrogens with one attached hydrogen (secondary N) is 1. The lowest BCUT2D eigenvalue weighted by Crippen LogP contribution is -2.39. The van der Waals surface area contributed by atoms with Crippen LogP contribution in [0.4, 0.5) is 0 Å². The number of hydrogen-bond acceptors (Lipinski definition) is 2.